The summed E-state index contributed by atoms with van der Waals surface area (Å²) in [4.78, 5) is 11.8. The van der Waals surface area contributed by atoms with E-state index < -0.39 is 23.8 Å². The first-order chi connectivity index (χ1) is 10.4. The molecule has 1 atom stereocenters. The van der Waals surface area contributed by atoms with Gasteiger partial charge in [0.15, 0.2) is 0 Å². The van der Waals surface area contributed by atoms with Gasteiger partial charge >= 0.3 is 12.1 Å². The van der Waals surface area contributed by atoms with E-state index in [1.807, 2.05) is 24.3 Å². The molecular weight excluding hydrogens is 313 g/mol. The molecule has 118 valence electrons. The third kappa shape index (κ3) is 4.40. The van der Waals surface area contributed by atoms with Crippen LogP contribution in [-0.2, 0) is 9.53 Å². The molecule has 0 amide bonds. The molecule has 0 fully saturated rings. The van der Waals surface area contributed by atoms with Gasteiger partial charge in [-0.2, -0.15) is 13.2 Å². The molecule has 0 radical (unpaired) electrons. The number of ether oxygens (including phenoxy) is 1. The quantitative estimate of drug-likeness (QED) is 0.582. The van der Waals surface area contributed by atoms with Gasteiger partial charge in [0.05, 0.1) is 13.0 Å². The molecule has 2 aromatic carbocycles. The fourth-order valence-corrected chi connectivity index (χ4v) is 3.02. The maximum Gasteiger partial charge on any atom is 0.401 e. The van der Waals surface area contributed by atoms with Crippen LogP contribution in [0.2, 0.25) is 0 Å². The predicted molar refractivity (Wildman–Crippen MR) is 80.9 cm³/mol. The molecule has 2 nitrogen and oxygen atoms in total. The van der Waals surface area contributed by atoms with Crippen molar-refractivity contribution >= 4 is 28.5 Å². The molecule has 0 aromatic heterocycles. The minimum absolute atomic E-state index is 0.0735. The Morgan fingerprint density at radius 3 is 2.50 bits per heavy atom. The summed E-state index contributed by atoms with van der Waals surface area (Å²) >= 11 is 0.639. The van der Waals surface area contributed by atoms with Gasteiger partial charge in [0.1, 0.15) is 5.25 Å². The summed E-state index contributed by atoms with van der Waals surface area (Å²) in [5, 5.41) is 0.0121. The number of esters is 1. The average Bonchev–Trinajstić information content (AvgIpc) is 2.46. The fourth-order valence-electron chi connectivity index (χ4n) is 2.00. The van der Waals surface area contributed by atoms with Crippen LogP contribution in [0.1, 0.15) is 13.3 Å². The molecule has 2 rings (SSSR count). The molecule has 0 N–H and O–H groups in total. The van der Waals surface area contributed by atoms with Crippen LogP contribution in [0.4, 0.5) is 13.2 Å². The zero-order chi connectivity index (χ0) is 16.2. The third-order valence-corrected chi connectivity index (χ3v) is 4.27. The SMILES string of the molecule is CCOC(=O)C[C@H](Sc1ccc2ccccc2c1)C(F)(F)F. The topological polar surface area (TPSA) is 26.3 Å². The van der Waals surface area contributed by atoms with E-state index in [1.165, 1.54) is 0 Å². The lowest BCUT2D eigenvalue weighted by Crippen LogP contribution is -2.29. The first-order valence-electron chi connectivity index (χ1n) is 6.78. The summed E-state index contributed by atoms with van der Waals surface area (Å²) in [5.74, 6) is -0.835. The summed E-state index contributed by atoms with van der Waals surface area (Å²) in [5.41, 5.74) is 0. The van der Waals surface area contributed by atoms with Gasteiger partial charge in [-0.05, 0) is 29.8 Å². The molecule has 0 aliphatic heterocycles. The predicted octanol–water partition coefficient (Wildman–Crippen LogP) is 4.82. The van der Waals surface area contributed by atoms with Crippen molar-refractivity contribution in [2.24, 2.45) is 0 Å². The van der Waals surface area contributed by atoms with Crippen molar-refractivity contribution in [3.63, 3.8) is 0 Å². The number of rotatable bonds is 5. The van der Waals surface area contributed by atoms with Gasteiger partial charge < -0.3 is 4.74 Å². The van der Waals surface area contributed by atoms with E-state index in [2.05, 4.69) is 4.74 Å². The van der Waals surface area contributed by atoms with Gasteiger partial charge in [0.2, 0.25) is 0 Å². The number of benzene rings is 2. The van der Waals surface area contributed by atoms with E-state index in [4.69, 9.17) is 0 Å². The molecule has 22 heavy (non-hydrogen) atoms. The van der Waals surface area contributed by atoms with Crippen molar-refractivity contribution in [1.29, 1.82) is 0 Å². The van der Waals surface area contributed by atoms with Crippen LogP contribution in [0.25, 0.3) is 10.8 Å². The summed E-state index contributed by atoms with van der Waals surface area (Å²) in [7, 11) is 0. The Hall–Kier alpha value is -1.69. The second-order valence-electron chi connectivity index (χ2n) is 4.67. The van der Waals surface area contributed by atoms with Crippen LogP contribution in [-0.4, -0.2) is 24.0 Å². The van der Waals surface area contributed by atoms with Crippen LogP contribution in [0.3, 0.4) is 0 Å². The molecule has 0 heterocycles. The summed E-state index contributed by atoms with van der Waals surface area (Å²) < 4.78 is 43.9. The Morgan fingerprint density at radius 2 is 1.86 bits per heavy atom. The Balaban J connectivity index is 2.19. The number of fused-ring (bicyclic) bond motifs is 1. The summed E-state index contributed by atoms with van der Waals surface area (Å²) in [6.07, 6.45) is -5.15. The first-order valence-corrected chi connectivity index (χ1v) is 7.66. The minimum Gasteiger partial charge on any atom is -0.466 e. The molecule has 0 aliphatic carbocycles. The van der Waals surface area contributed by atoms with Crippen LogP contribution >= 0.6 is 11.8 Å². The second kappa shape index (κ2) is 7.05. The zero-order valence-corrected chi connectivity index (χ0v) is 12.7. The van der Waals surface area contributed by atoms with Crippen LogP contribution in [0.15, 0.2) is 47.4 Å². The Morgan fingerprint density at radius 1 is 1.18 bits per heavy atom. The monoisotopic (exact) mass is 328 g/mol. The number of carbonyl (C=O) groups is 1. The summed E-state index contributed by atoms with van der Waals surface area (Å²) in [6, 6.07) is 12.5. The molecule has 0 aliphatic rings. The molecule has 0 bridgehead atoms. The molecule has 6 heteroatoms. The smallest absolute Gasteiger partial charge is 0.401 e. The lowest BCUT2D eigenvalue weighted by molar-refractivity contribution is -0.154. The molecule has 0 unspecified atom stereocenters. The maximum absolute atomic E-state index is 13.1. The molecule has 0 saturated heterocycles. The highest BCUT2D eigenvalue weighted by Crippen LogP contribution is 2.38. The fraction of sp³-hybridized carbons (Fsp3) is 0.312. The lowest BCUT2D eigenvalue weighted by atomic mass is 10.1. The number of thioether (sulfide) groups is 1. The molecule has 2 aromatic rings. The first kappa shape index (κ1) is 16.7. The van der Waals surface area contributed by atoms with Crippen molar-refractivity contribution in [3.8, 4) is 0 Å². The number of carbonyl (C=O) groups excluding carboxylic acids is 1. The molecule has 0 spiro atoms. The molecular formula is C16H15F3O2S. The highest BCUT2D eigenvalue weighted by atomic mass is 32.2. The van der Waals surface area contributed by atoms with Gasteiger partial charge in [-0.25, -0.2) is 0 Å². The average molecular weight is 328 g/mol. The van der Waals surface area contributed by atoms with Gasteiger partial charge in [-0.3, -0.25) is 4.79 Å². The highest BCUT2D eigenvalue weighted by molar-refractivity contribution is 8.00. The van der Waals surface area contributed by atoms with E-state index in [0.29, 0.717) is 16.7 Å². The van der Waals surface area contributed by atoms with E-state index in [0.717, 1.165) is 10.8 Å². The van der Waals surface area contributed by atoms with E-state index in [9.17, 15) is 18.0 Å². The second-order valence-corrected chi connectivity index (χ2v) is 5.94. The summed E-state index contributed by atoms with van der Waals surface area (Å²) in [6.45, 7) is 1.64. The van der Waals surface area contributed by atoms with E-state index in [1.54, 1.807) is 25.1 Å². The van der Waals surface area contributed by atoms with Crippen molar-refractivity contribution in [3.05, 3.63) is 42.5 Å². The van der Waals surface area contributed by atoms with Gasteiger partial charge in [-0.15, -0.1) is 11.8 Å². The standard InChI is InChI=1S/C16H15F3O2S/c1-2-21-15(20)10-14(16(17,18)19)22-13-8-7-11-5-3-4-6-12(11)9-13/h3-9,14H,2,10H2,1H3/t14-/m0/s1. The van der Waals surface area contributed by atoms with Crippen LogP contribution in [0.5, 0.6) is 0 Å². The van der Waals surface area contributed by atoms with Crippen molar-refractivity contribution in [2.75, 3.05) is 6.61 Å². The minimum atomic E-state index is -4.47. The van der Waals surface area contributed by atoms with E-state index >= 15 is 0 Å². The normalized spacial score (nSPS) is 13.1. The van der Waals surface area contributed by atoms with Crippen LogP contribution < -0.4 is 0 Å². The van der Waals surface area contributed by atoms with Crippen LogP contribution in [0, 0.1) is 0 Å². The van der Waals surface area contributed by atoms with Gasteiger partial charge in [-0.1, -0.05) is 30.3 Å². The van der Waals surface area contributed by atoms with Gasteiger partial charge in [0.25, 0.3) is 0 Å². The number of hydrogen-bond acceptors (Lipinski definition) is 3. The van der Waals surface area contributed by atoms with Crippen molar-refractivity contribution in [1.82, 2.24) is 0 Å². The lowest BCUT2D eigenvalue weighted by Gasteiger charge is -2.19. The molecule has 0 saturated carbocycles. The largest absolute Gasteiger partial charge is 0.466 e. The zero-order valence-electron chi connectivity index (χ0n) is 11.9. The van der Waals surface area contributed by atoms with Gasteiger partial charge in [0, 0.05) is 4.90 Å². The highest BCUT2D eigenvalue weighted by Gasteiger charge is 2.42. The Kier molecular flexibility index (Phi) is 5.34. The van der Waals surface area contributed by atoms with Crippen molar-refractivity contribution in [2.45, 2.75) is 29.7 Å². The number of halogens is 3. The Labute approximate surface area is 130 Å². The number of alkyl halides is 3. The Bertz CT molecular complexity index is 655. The maximum atomic E-state index is 13.1. The number of hydrogen-bond donors (Lipinski definition) is 0. The van der Waals surface area contributed by atoms with E-state index in [-0.39, 0.29) is 6.61 Å². The van der Waals surface area contributed by atoms with Crippen molar-refractivity contribution < 1.29 is 22.7 Å². The third-order valence-electron chi connectivity index (χ3n) is 3.02.